The lowest BCUT2D eigenvalue weighted by Crippen LogP contribution is -2.13. The number of carbonyl (C=O) groups is 1. The van der Waals surface area contributed by atoms with Crippen molar-refractivity contribution in [1.82, 2.24) is 4.73 Å². The molecule has 0 spiro atoms. The van der Waals surface area contributed by atoms with Crippen molar-refractivity contribution in [1.29, 1.82) is 0 Å². The standard InChI is InChI=1S/C14H14ClNO2/c1-2-9-18-16-8-7-13(14(16)10-17)11-3-5-12(15)6-4-11/h3-8,10H,2,9H2,1H3. The summed E-state index contributed by atoms with van der Waals surface area (Å²) < 4.78 is 1.51. The van der Waals surface area contributed by atoms with Crippen molar-refractivity contribution in [2.75, 3.05) is 6.61 Å². The van der Waals surface area contributed by atoms with Gasteiger partial charge in [0.05, 0.1) is 0 Å². The van der Waals surface area contributed by atoms with Crippen LogP contribution in [0.2, 0.25) is 5.02 Å². The first-order chi connectivity index (χ1) is 8.76. The van der Waals surface area contributed by atoms with Crippen molar-refractivity contribution in [2.45, 2.75) is 13.3 Å². The van der Waals surface area contributed by atoms with Crippen molar-refractivity contribution in [3.8, 4) is 11.1 Å². The molecule has 94 valence electrons. The largest absolute Gasteiger partial charge is 0.414 e. The predicted molar refractivity (Wildman–Crippen MR) is 72.0 cm³/mol. The summed E-state index contributed by atoms with van der Waals surface area (Å²) >= 11 is 5.85. The number of aromatic nitrogens is 1. The quantitative estimate of drug-likeness (QED) is 0.774. The lowest BCUT2D eigenvalue weighted by Gasteiger charge is -2.07. The summed E-state index contributed by atoms with van der Waals surface area (Å²) in [5, 5.41) is 0.674. The Morgan fingerprint density at radius 3 is 2.61 bits per heavy atom. The fourth-order valence-corrected chi connectivity index (χ4v) is 1.84. The van der Waals surface area contributed by atoms with Gasteiger partial charge in [-0.25, -0.2) is 0 Å². The van der Waals surface area contributed by atoms with Gasteiger partial charge < -0.3 is 4.84 Å². The molecule has 0 aliphatic carbocycles. The highest BCUT2D eigenvalue weighted by molar-refractivity contribution is 6.30. The Morgan fingerprint density at radius 2 is 2.00 bits per heavy atom. The number of hydrogen-bond donors (Lipinski definition) is 0. The molecule has 0 aliphatic heterocycles. The molecule has 0 radical (unpaired) electrons. The highest BCUT2D eigenvalue weighted by Crippen LogP contribution is 2.24. The number of halogens is 1. The minimum absolute atomic E-state index is 0.519. The number of aldehydes is 1. The molecule has 1 aromatic carbocycles. The third kappa shape index (κ3) is 2.57. The van der Waals surface area contributed by atoms with Gasteiger partial charge in [-0.2, -0.15) is 4.73 Å². The van der Waals surface area contributed by atoms with E-state index < -0.39 is 0 Å². The van der Waals surface area contributed by atoms with E-state index in [0.717, 1.165) is 23.8 Å². The minimum atomic E-state index is 0.519. The minimum Gasteiger partial charge on any atom is -0.414 e. The van der Waals surface area contributed by atoms with Crippen LogP contribution >= 0.6 is 11.6 Å². The molecule has 18 heavy (non-hydrogen) atoms. The SMILES string of the molecule is CCCOn1ccc(-c2ccc(Cl)cc2)c1C=O. The molecule has 2 rings (SSSR count). The first-order valence-corrected chi connectivity index (χ1v) is 6.19. The third-order valence-corrected chi connectivity index (χ3v) is 2.84. The molecule has 0 aliphatic rings. The summed E-state index contributed by atoms with van der Waals surface area (Å²) in [5.74, 6) is 0. The van der Waals surface area contributed by atoms with Crippen LogP contribution in [0.15, 0.2) is 36.5 Å². The van der Waals surface area contributed by atoms with Crippen LogP contribution in [-0.2, 0) is 0 Å². The number of hydrogen-bond acceptors (Lipinski definition) is 2. The lowest BCUT2D eigenvalue weighted by molar-refractivity contribution is 0.0941. The van der Waals surface area contributed by atoms with Gasteiger partial charge in [-0.15, -0.1) is 0 Å². The predicted octanol–water partition coefficient (Wildman–Crippen LogP) is 3.46. The van der Waals surface area contributed by atoms with Crippen LogP contribution in [0, 0.1) is 0 Å². The molecule has 0 unspecified atom stereocenters. The van der Waals surface area contributed by atoms with Crippen LogP contribution in [0.1, 0.15) is 23.8 Å². The van der Waals surface area contributed by atoms with Gasteiger partial charge in [-0.05, 0) is 30.2 Å². The van der Waals surface area contributed by atoms with E-state index in [1.54, 1.807) is 18.3 Å². The normalized spacial score (nSPS) is 10.3. The fourth-order valence-electron chi connectivity index (χ4n) is 1.72. The summed E-state index contributed by atoms with van der Waals surface area (Å²) in [6, 6.07) is 9.23. The summed E-state index contributed by atoms with van der Waals surface area (Å²) in [7, 11) is 0. The fraction of sp³-hybridized carbons (Fsp3) is 0.214. The molecule has 0 saturated heterocycles. The second-order valence-electron chi connectivity index (χ2n) is 3.90. The molecule has 0 atom stereocenters. The van der Waals surface area contributed by atoms with Gasteiger partial charge in [-0.1, -0.05) is 30.7 Å². The Bertz CT molecular complexity index is 531. The van der Waals surface area contributed by atoms with Crippen molar-refractivity contribution in [2.24, 2.45) is 0 Å². The first-order valence-electron chi connectivity index (χ1n) is 5.82. The van der Waals surface area contributed by atoms with E-state index in [1.165, 1.54) is 4.73 Å². The molecule has 0 amide bonds. The zero-order chi connectivity index (χ0) is 13.0. The van der Waals surface area contributed by atoms with Gasteiger partial charge in [0.15, 0.2) is 6.29 Å². The van der Waals surface area contributed by atoms with Gasteiger partial charge in [-0.3, -0.25) is 4.79 Å². The smallest absolute Gasteiger partial charge is 0.170 e. The monoisotopic (exact) mass is 263 g/mol. The summed E-state index contributed by atoms with van der Waals surface area (Å²) in [6.45, 7) is 2.60. The third-order valence-electron chi connectivity index (χ3n) is 2.59. The highest BCUT2D eigenvalue weighted by Gasteiger charge is 2.11. The van der Waals surface area contributed by atoms with E-state index in [4.69, 9.17) is 16.4 Å². The van der Waals surface area contributed by atoms with Gasteiger partial charge in [0.1, 0.15) is 12.3 Å². The second-order valence-corrected chi connectivity index (χ2v) is 4.33. The van der Waals surface area contributed by atoms with Crippen molar-refractivity contribution in [3.05, 3.63) is 47.2 Å². The maximum absolute atomic E-state index is 11.2. The number of benzene rings is 1. The first kappa shape index (κ1) is 12.7. The number of nitrogens with zero attached hydrogens (tertiary/aromatic N) is 1. The maximum atomic E-state index is 11.2. The van der Waals surface area contributed by atoms with Crippen LogP contribution in [-0.4, -0.2) is 17.6 Å². The number of carbonyl (C=O) groups excluding carboxylic acids is 1. The van der Waals surface area contributed by atoms with E-state index >= 15 is 0 Å². The van der Waals surface area contributed by atoms with Crippen molar-refractivity contribution >= 4 is 17.9 Å². The molecular weight excluding hydrogens is 250 g/mol. The highest BCUT2D eigenvalue weighted by atomic mass is 35.5. The van der Waals surface area contributed by atoms with Gasteiger partial charge in [0.2, 0.25) is 0 Å². The number of rotatable bonds is 5. The van der Waals surface area contributed by atoms with E-state index in [1.807, 2.05) is 25.1 Å². The molecule has 4 heteroatoms. The maximum Gasteiger partial charge on any atom is 0.170 e. The van der Waals surface area contributed by atoms with Gasteiger partial charge >= 0.3 is 0 Å². The Morgan fingerprint density at radius 1 is 1.28 bits per heavy atom. The van der Waals surface area contributed by atoms with Crippen LogP contribution in [0.5, 0.6) is 0 Å². The topological polar surface area (TPSA) is 31.2 Å². The Labute approximate surface area is 111 Å². The molecule has 0 bridgehead atoms. The van der Waals surface area contributed by atoms with E-state index in [9.17, 15) is 4.79 Å². The second kappa shape index (κ2) is 5.74. The zero-order valence-electron chi connectivity index (χ0n) is 10.1. The molecule has 0 fully saturated rings. The van der Waals surface area contributed by atoms with Crippen LogP contribution in [0.25, 0.3) is 11.1 Å². The molecule has 0 N–H and O–H groups in total. The average Bonchev–Trinajstić information content (AvgIpc) is 2.80. The van der Waals surface area contributed by atoms with Gasteiger partial charge in [0, 0.05) is 16.8 Å². The molecule has 1 aromatic heterocycles. The van der Waals surface area contributed by atoms with Gasteiger partial charge in [0.25, 0.3) is 0 Å². The van der Waals surface area contributed by atoms with E-state index in [0.29, 0.717) is 17.3 Å². The zero-order valence-corrected chi connectivity index (χ0v) is 10.9. The van der Waals surface area contributed by atoms with Crippen LogP contribution < -0.4 is 4.84 Å². The molecule has 1 heterocycles. The molecule has 3 nitrogen and oxygen atoms in total. The molecular formula is C14H14ClNO2. The molecule has 2 aromatic rings. The molecule has 0 saturated carbocycles. The van der Waals surface area contributed by atoms with E-state index in [-0.39, 0.29) is 0 Å². The Hall–Kier alpha value is -1.74. The average molecular weight is 264 g/mol. The van der Waals surface area contributed by atoms with Crippen molar-refractivity contribution in [3.63, 3.8) is 0 Å². The van der Waals surface area contributed by atoms with E-state index in [2.05, 4.69) is 0 Å². The summed E-state index contributed by atoms with van der Waals surface area (Å²) in [5.41, 5.74) is 2.31. The lowest BCUT2D eigenvalue weighted by atomic mass is 10.1. The van der Waals surface area contributed by atoms with Crippen LogP contribution in [0.4, 0.5) is 0 Å². The summed E-state index contributed by atoms with van der Waals surface area (Å²) in [6.07, 6.45) is 3.45. The summed E-state index contributed by atoms with van der Waals surface area (Å²) in [4.78, 5) is 16.6. The Balaban J connectivity index is 2.36. The van der Waals surface area contributed by atoms with Crippen LogP contribution in [0.3, 0.4) is 0 Å². The van der Waals surface area contributed by atoms with Crippen molar-refractivity contribution < 1.29 is 9.63 Å². The Kier molecular flexibility index (Phi) is 4.05.